The van der Waals surface area contributed by atoms with Gasteiger partial charge < -0.3 is 15.0 Å². The zero-order chi connectivity index (χ0) is 18.1. The van der Waals surface area contributed by atoms with E-state index in [-0.39, 0.29) is 30.9 Å². The van der Waals surface area contributed by atoms with Crippen LogP contribution in [0, 0.1) is 5.92 Å². The van der Waals surface area contributed by atoms with Gasteiger partial charge in [-0.3, -0.25) is 14.5 Å². The van der Waals surface area contributed by atoms with Crippen LogP contribution in [-0.2, 0) is 16.1 Å². The van der Waals surface area contributed by atoms with Crippen molar-refractivity contribution >= 4 is 17.8 Å². The number of benzene rings is 1. The van der Waals surface area contributed by atoms with E-state index < -0.39 is 0 Å². The zero-order valence-corrected chi connectivity index (χ0v) is 14.6. The summed E-state index contributed by atoms with van der Waals surface area (Å²) < 4.78 is 5.44. The van der Waals surface area contributed by atoms with E-state index in [2.05, 4.69) is 5.32 Å². The van der Waals surface area contributed by atoms with Gasteiger partial charge in [0.25, 0.3) is 5.91 Å². The maximum Gasteiger partial charge on any atom is 0.324 e. The van der Waals surface area contributed by atoms with Gasteiger partial charge in [0.05, 0.1) is 19.7 Å². The predicted octanol–water partition coefficient (Wildman–Crippen LogP) is 1.38. The van der Waals surface area contributed by atoms with E-state index >= 15 is 0 Å². The average molecular weight is 357 g/mol. The molecule has 1 aromatic rings. The maximum atomic E-state index is 13.1. The number of rotatable bonds is 6. The number of ether oxygens (including phenoxy) is 1. The van der Waals surface area contributed by atoms with E-state index in [9.17, 15) is 14.4 Å². The molecule has 138 valence electrons. The molecule has 3 fully saturated rings. The Morgan fingerprint density at radius 2 is 2.12 bits per heavy atom. The Bertz CT molecular complexity index is 709. The monoisotopic (exact) mass is 357 g/mol. The molecule has 7 nitrogen and oxygen atoms in total. The van der Waals surface area contributed by atoms with Crippen LogP contribution in [0.4, 0.5) is 4.79 Å². The number of imide groups is 1. The summed E-state index contributed by atoms with van der Waals surface area (Å²) in [6, 6.07) is 7.19. The Kier molecular flexibility index (Phi) is 4.63. The topological polar surface area (TPSA) is 79.0 Å². The third-order valence-corrected chi connectivity index (χ3v) is 5.18. The van der Waals surface area contributed by atoms with E-state index in [1.54, 1.807) is 12.1 Å². The second kappa shape index (κ2) is 7.07. The van der Waals surface area contributed by atoms with Crippen LogP contribution in [0.5, 0.6) is 0 Å². The zero-order valence-electron chi connectivity index (χ0n) is 14.6. The summed E-state index contributed by atoms with van der Waals surface area (Å²) >= 11 is 0. The molecule has 3 aliphatic rings. The third kappa shape index (κ3) is 3.58. The fourth-order valence-electron chi connectivity index (χ4n) is 3.56. The number of urea groups is 1. The predicted molar refractivity (Wildman–Crippen MR) is 93.4 cm³/mol. The lowest BCUT2D eigenvalue weighted by molar-refractivity contribution is -0.125. The first-order chi connectivity index (χ1) is 12.6. The van der Waals surface area contributed by atoms with Crippen molar-refractivity contribution in [2.24, 2.45) is 5.92 Å². The maximum absolute atomic E-state index is 13.1. The summed E-state index contributed by atoms with van der Waals surface area (Å²) in [6.45, 7) is 2.46. The van der Waals surface area contributed by atoms with Crippen molar-refractivity contribution in [3.63, 3.8) is 0 Å². The molecule has 0 radical (unpaired) electrons. The molecule has 7 heteroatoms. The van der Waals surface area contributed by atoms with Gasteiger partial charge in [-0.25, -0.2) is 4.79 Å². The molecule has 4 amide bonds. The van der Waals surface area contributed by atoms with E-state index in [1.807, 2.05) is 17.0 Å². The van der Waals surface area contributed by atoms with Crippen LogP contribution in [0.3, 0.4) is 0 Å². The largest absolute Gasteiger partial charge is 0.381 e. The van der Waals surface area contributed by atoms with Crippen molar-refractivity contribution in [3.8, 4) is 0 Å². The first-order valence-corrected chi connectivity index (χ1v) is 9.17. The van der Waals surface area contributed by atoms with Crippen molar-refractivity contribution in [2.75, 3.05) is 26.3 Å². The molecule has 1 aromatic carbocycles. The van der Waals surface area contributed by atoms with E-state index in [0.29, 0.717) is 17.5 Å². The molecular weight excluding hydrogens is 334 g/mol. The van der Waals surface area contributed by atoms with Gasteiger partial charge in [-0.2, -0.15) is 0 Å². The standard InChI is InChI=1S/C19H23N3O4/c23-17-9-20-19(25)22(17)10-13-2-1-3-15(8-13)18(24)21(16-4-5-16)11-14-6-7-26-12-14/h1-3,8,14,16H,4-7,9-12H2,(H,20,25). The van der Waals surface area contributed by atoms with Crippen molar-refractivity contribution in [2.45, 2.75) is 31.8 Å². The molecule has 1 aliphatic carbocycles. The quantitative estimate of drug-likeness (QED) is 0.780. The van der Waals surface area contributed by atoms with E-state index in [0.717, 1.165) is 44.6 Å². The molecule has 1 N–H and O–H groups in total. The minimum absolute atomic E-state index is 0.0263. The highest BCUT2D eigenvalue weighted by Crippen LogP contribution is 2.30. The number of carbonyl (C=O) groups is 3. The first kappa shape index (κ1) is 17.0. The minimum atomic E-state index is -0.382. The van der Waals surface area contributed by atoms with E-state index in [1.165, 1.54) is 4.90 Å². The summed E-state index contributed by atoms with van der Waals surface area (Å²) in [5, 5.41) is 2.51. The fraction of sp³-hybridized carbons (Fsp3) is 0.526. The lowest BCUT2D eigenvalue weighted by atomic mass is 10.1. The van der Waals surface area contributed by atoms with Crippen LogP contribution < -0.4 is 5.32 Å². The molecule has 26 heavy (non-hydrogen) atoms. The van der Waals surface area contributed by atoms with Crippen LogP contribution >= 0.6 is 0 Å². The number of hydrogen-bond acceptors (Lipinski definition) is 4. The minimum Gasteiger partial charge on any atom is -0.381 e. The average Bonchev–Trinajstić information content (AvgIpc) is 3.28. The highest BCUT2D eigenvalue weighted by molar-refractivity contribution is 6.02. The summed E-state index contributed by atoms with van der Waals surface area (Å²) in [5.41, 5.74) is 1.39. The molecule has 1 unspecified atom stereocenters. The van der Waals surface area contributed by atoms with Gasteiger partial charge in [0.2, 0.25) is 5.91 Å². The second-order valence-electron chi connectivity index (χ2n) is 7.26. The molecule has 4 rings (SSSR count). The summed E-state index contributed by atoms with van der Waals surface area (Å²) in [7, 11) is 0. The molecular formula is C19H23N3O4. The first-order valence-electron chi connectivity index (χ1n) is 9.17. The highest BCUT2D eigenvalue weighted by Gasteiger charge is 2.35. The molecule has 2 saturated heterocycles. The van der Waals surface area contributed by atoms with Crippen LogP contribution in [0.15, 0.2) is 24.3 Å². The van der Waals surface area contributed by atoms with E-state index in [4.69, 9.17) is 4.74 Å². The van der Waals surface area contributed by atoms with Crippen molar-refractivity contribution < 1.29 is 19.1 Å². The lowest BCUT2D eigenvalue weighted by Crippen LogP contribution is -2.37. The number of amides is 4. The summed E-state index contributed by atoms with van der Waals surface area (Å²) in [4.78, 5) is 39.7. The lowest BCUT2D eigenvalue weighted by Gasteiger charge is -2.25. The van der Waals surface area contributed by atoms with Gasteiger partial charge in [0.1, 0.15) is 0 Å². The molecule has 0 bridgehead atoms. The fourth-order valence-corrected chi connectivity index (χ4v) is 3.56. The highest BCUT2D eigenvalue weighted by atomic mass is 16.5. The van der Waals surface area contributed by atoms with Crippen molar-refractivity contribution in [1.82, 2.24) is 15.1 Å². The van der Waals surface area contributed by atoms with Gasteiger partial charge in [0.15, 0.2) is 0 Å². The summed E-state index contributed by atoms with van der Waals surface area (Å²) in [6.07, 6.45) is 3.12. The van der Waals surface area contributed by atoms with Gasteiger partial charge in [-0.15, -0.1) is 0 Å². The second-order valence-corrected chi connectivity index (χ2v) is 7.26. The molecule has 2 heterocycles. The SMILES string of the molecule is O=C1CNC(=O)N1Cc1cccc(C(=O)N(CC2CCOC2)C2CC2)c1. The third-order valence-electron chi connectivity index (χ3n) is 5.18. The Labute approximate surface area is 152 Å². The van der Waals surface area contributed by atoms with Gasteiger partial charge in [-0.1, -0.05) is 12.1 Å². The molecule has 0 aromatic heterocycles. The Hall–Kier alpha value is -2.41. The number of hydrogen-bond donors (Lipinski definition) is 1. The Balaban J connectivity index is 1.48. The Morgan fingerprint density at radius 1 is 1.27 bits per heavy atom. The normalized spacial score (nSPS) is 22.6. The molecule has 0 spiro atoms. The smallest absolute Gasteiger partial charge is 0.324 e. The number of nitrogens with one attached hydrogen (secondary N) is 1. The van der Waals surface area contributed by atoms with Crippen LogP contribution in [0.2, 0.25) is 0 Å². The van der Waals surface area contributed by atoms with Crippen LogP contribution in [-0.4, -0.2) is 60.0 Å². The number of nitrogens with zero attached hydrogens (tertiary/aromatic N) is 2. The molecule has 1 saturated carbocycles. The van der Waals surface area contributed by atoms with Crippen LogP contribution in [0.25, 0.3) is 0 Å². The summed E-state index contributed by atoms with van der Waals surface area (Å²) in [5.74, 6) is 0.194. The molecule has 1 atom stereocenters. The number of carbonyl (C=O) groups excluding carboxylic acids is 3. The van der Waals surface area contributed by atoms with Crippen molar-refractivity contribution in [1.29, 1.82) is 0 Å². The van der Waals surface area contributed by atoms with Crippen LogP contribution in [0.1, 0.15) is 35.2 Å². The van der Waals surface area contributed by atoms with Gasteiger partial charge >= 0.3 is 6.03 Å². The Morgan fingerprint density at radius 3 is 2.77 bits per heavy atom. The van der Waals surface area contributed by atoms with Crippen molar-refractivity contribution in [3.05, 3.63) is 35.4 Å². The van der Waals surface area contributed by atoms with Gasteiger partial charge in [-0.05, 0) is 37.0 Å². The molecule has 2 aliphatic heterocycles. The van der Waals surface area contributed by atoms with Gasteiger partial charge in [0, 0.05) is 30.7 Å².